The fourth-order valence-electron chi connectivity index (χ4n) is 4.61. The smallest absolute Gasteiger partial charge is 0.265 e. The Bertz CT molecular complexity index is 1580. The minimum atomic E-state index is -0.899. The Hall–Kier alpha value is -4.93. The van der Waals surface area contributed by atoms with Gasteiger partial charge < -0.3 is 34.8 Å². The number of aromatic nitrogens is 2. The summed E-state index contributed by atoms with van der Waals surface area (Å²) in [6.07, 6.45) is 1.75. The predicted octanol–water partition coefficient (Wildman–Crippen LogP) is 2.47. The number of aromatic hydroxyl groups is 3. The highest BCUT2D eigenvalue weighted by Gasteiger charge is 2.29. The molecule has 0 fully saturated rings. The summed E-state index contributed by atoms with van der Waals surface area (Å²) in [6, 6.07) is 12.7. The average Bonchev–Trinajstić information content (AvgIpc) is 2.93. The predicted molar refractivity (Wildman–Crippen MR) is 140 cm³/mol. The van der Waals surface area contributed by atoms with E-state index in [0.717, 1.165) is 0 Å². The van der Waals surface area contributed by atoms with Gasteiger partial charge in [-0.3, -0.25) is 14.0 Å². The molecule has 1 aliphatic heterocycles. The molecule has 4 aromatic rings. The van der Waals surface area contributed by atoms with Gasteiger partial charge in [0.15, 0.2) is 23.0 Å². The molecule has 1 aliphatic rings. The summed E-state index contributed by atoms with van der Waals surface area (Å²) in [7, 11) is 1.48. The number of ether oxygens (including phenoxy) is 3. The molecule has 0 unspecified atom stereocenters. The standard InChI is InChI=1S/C28H27N3O8/c1-37-21-13-17(14-22-26(21)39-11-10-38-22)18(25-27(35)30-23-4-2-3-9-31(23)28(25)36)15-24(34)29-8-7-16-5-6-19(32)20(33)12-16/h2-6,9,12-14,18,32-33,35H,7-8,10-11,15H2,1H3,(H,29,34)/t18-/m1/s1. The van der Waals surface area contributed by atoms with Crippen molar-refractivity contribution < 1.29 is 34.3 Å². The molecular formula is C28H27N3O8. The molecule has 11 nitrogen and oxygen atoms in total. The first-order valence-electron chi connectivity index (χ1n) is 12.3. The lowest BCUT2D eigenvalue weighted by Gasteiger charge is -2.24. The summed E-state index contributed by atoms with van der Waals surface area (Å²) in [5, 5.41) is 32.9. The first-order valence-corrected chi connectivity index (χ1v) is 12.3. The number of fused-ring (bicyclic) bond motifs is 2. The van der Waals surface area contributed by atoms with Gasteiger partial charge in [-0.1, -0.05) is 12.1 Å². The number of phenolic OH excluding ortho intramolecular Hbond substituents is 2. The highest BCUT2D eigenvalue weighted by atomic mass is 16.6. The van der Waals surface area contributed by atoms with Gasteiger partial charge in [0.1, 0.15) is 18.9 Å². The number of hydrogen-bond acceptors (Lipinski definition) is 9. The van der Waals surface area contributed by atoms with E-state index in [1.165, 1.54) is 23.6 Å². The van der Waals surface area contributed by atoms with E-state index < -0.39 is 17.4 Å². The fraction of sp³-hybridized carbons (Fsp3) is 0.250. The fourth-order valence-corrected chi connectivity index (χ4v) is 4.61. The second-order valence-electron chi connectivity index (χ2n) is 9.01. The summed E-state index contributed by atoms with van der Waals surface area (Å²) in [6.45, 7) is 0.911. The number of carbonyl (C=O) groups excluding carboxylic acids is 1. The number of carbonyl (C=O) groups is 1. The van der Waals surface area contributed by atoms with Crippen LogP contribution in [0.2, 0.25) is 0 Å². The molecule has 0 radical (unpaired) electrons. The van der Waals surface area contributed by atoms with Gasteiger partial charge in [-0.2, -0.15) is 4.98 Å². The van der Waals surface area contributed by atoms with E-state index in [-0.39, 0.29) is 41.6 Å². The molecule has 39 heavy (non-hydrogen) atoms. The van der Waals surface area contributed by atoms with Crippen LogP contribution in [0, 0.1) is 0 Å². The highest BCUT2D eigenvalue weighted by Crippen LogP contribution is 2.44. The molecule has 0 saturated heterocycles. The van der Waals surface area contributed by atoms with E-state index in [4.69, 9.17) is 14.2 Å². The summed E-state index contributed by atoms with van der Waals surface area (Å²) in [4.78, 5) is 30.9. The van der Waals surface area contributed by atoms with Gasteiger partial charge in [-0.25, -0.2) is 0 Å². The second kappa shape index (κ2) is 10.8. The maximum atomic E-state index is 13.5. The minimum Gasteiger partial charge on any atom is -0.504 e. The van der Waals surface area contributed by atoms with Crippen molar-refractivity contribution in [1.29, 1.82) is 0 Å². The number of benzene rings is 2. The molecule has 0 saturated carbocycles. The molecule has 0 spiro atoms. The van der Waals surface area contributed by atoms with Crippen LogP contribution in [0.15, 0.2) is 59.5 Å². The molecule has 2 aromatic heterocycles. The third kappa shape index (κ3) is 5.24. The van der Waals surface area contributed by atoms with Gasteiger partial charge in [0.05, 0.1) is 12.7 Å². The normalized spacial score (nSPS) is 13.2. The lowest BCUT2D eigenvalue weighted by molar-refractivity contribution is -0.121. The van der Waals surface area contributed by atoms with Gasteiger partial charge in [-0.15, -0.1) is 0 Å². The Morgan fingerprint density at radius 2 is 1.92 bits per heavy atom. The summed E-state index contributed by atoms with van der Waals surface area (Å²) >= 11 is 0. The third-order valence-electron chi connectivity index (χ3n) is 6.52. The number of nitrogens with zero attached hydrogens (tertiary/aromatic N) is 2. The van der Waals surface area contributed by atoms with Gasteiger partial charge in [0.25, 0.3) is 5.56 Å². The molecule has 3 heterocycles. The van der Waals surface area contributed by atoms with Gasteiger partial charge in [0.2, 0.25) is 17.5 Å². The number of amides is 1. The number of rotatable bonds is 8. The average molecular weight is 534 g/mol. The van der Waals surface area contributed by atoms with Crippen molar-refractivity contribution >= 4 is 11.6 Å². The zero-order valence-corrected chi connectivity index (χ0v) is 21.1. The molecule has 202 valence electrons. The lowest BCUT2D eigenvalue weighted by Crippen LogP contribution is -2.30. The van der Waals surface area contributed by atoms with Crippen LogP contribution >= 0.6 is 0 Å². The van der Waals surface area contributed by atoms with E-state index in [0.29, 0.717) is 48.0 Å². The molecule has 0 aliphatic carbocycles. The van der Waals surface area contributed by atoms with Crippen molar-refractivity contribution in [3.8, 4) is 34.6 Å². The van der Waals surface area contributed by atoms with E-state index in [2.05, 4.69) is 10.3 Å². The molecule has 1 amide bonds. The van der Waals surface area contributed by atoms with Crippen LogP contribution in [0.1, 0.15) is 29.0 Å². The molecule has 0 bridgehead atoms. The van der Waals surface area contributed by atoms with Crippen LogP contribution in [0.25, 0.3) is 5.65 Å². The van der Waals surface area contributed by atoms with Crippen molar-refractivity contribution in [2.24, 2.45) is 0 Å². The summed E-state index contributed by atoms with van der Waals surface area (Å²) < 4.78 is 18.3. The van der Waals surface area contributed by atoms with Crippen LogP contribution in [0.3, 0.4) is 0 Å². The van der Waals surface area contributed by atoms with Crippen LogP contribution in [0.5, 0.6) is 34.6 Å². The minimum absolute atomic E-state index is 0.0453. The quantitative estimate of drug-likeness (QED) is 0.250. The molecule has 4 N–H and O–H groups in total. The number of pyridine rings is 1. The van der Waals surface area contributed by atoms with Crippen molar-refractivity contribution in [3.05, 3.63) is 81.8 Å². The van der Waals surface area contributed by atoms with Crippen LogP contribution < -0.4 is 25.1 Å². The van der Waals surface area contributed by atoms with Gasteiger partial charge >= 0.3 is 0 Å². The van der Waals surface area contributed by atoms with Crippen molar-refractivity contribution in [2.45, 2.75) is 18.8 Å². The molecule has 2 aromatic carbocycles. The maximum Gasteiger partial charge on any atom is 0.265 e. The Morgan fingerprint density at radius 3 is 2.72 bits per heavy atom. The Kier molecular flexibility index (Phi) is 7.13. The maximum absolute atomic E-state index is 13.5. The summed E-state index contributed by atoms with van der Waals surface area (Å²) in [5.41, 5.74) is 0.928. The SMILES string of the molecule is COc1cc([C@@H](CC(=O)NCCc2ccc(O)c(O)c2)c2c(O)nc3ccccn3c2=O)cc2c1OCCO2. The molecule has 1 atom stereocenters. The Balaban J connectivity index is 1.49. The zero-order valence-electron chi connectivity index (χ0n) is 21.1. The molecule has 5 rings (SSSR count). The highest BCUT2D eigenvalue weighted by molar-refractivity contribution is 5.78. The van der Waals surface area contributed by atoms with Crippen LogP contribution in [-0.4, -0.2) is 57.5 Å². The van der Waals surface area contributed by atoms with E-state index >= 15 is 0 Å². The molecule has 11 heteroatoms. The van der Waals surface area contributed by atoms with Crippen LogP contribution in [0.4, 0.5) is 0 Å². The van der Waals surface area contributed by atoms with Gasteiger partial charge in [0, 0.05) is 25.1 Å². The Labute approximate surface area is 222 Å². The Morgan fingerprint density at radius 1 is 1.10 bits per heavy atom. The number of methoxy groups -OCH3 is 1. The number of hydrogen-bond donors (Lipinski definition) is 4. The largest absolute Gasteiger partial charge is 0.504 e. The van der Waals surface area contributed by atoms with E-state index in [1.54, 1.807) is 42.6 Å². The van der Waals surface area contributed by atoms with Crippen molar-refractivity contribution in [2.75, 3.05) is 26.9 Å². The first-order chi connectivity index (χ1) is 18.9. The summed E-state index contributed by atoms with van der Waals surface area (Å²) in [5.74, 6) is -1.03. The molecular weight excluding hydrogens is 506 g/mol. The zero-order chi connectivity index (χ0) is 27.5. The van der Waals surface area contributed by atoms with Crippen molar-refractivity contribution in [1.82, 2.24) is 14.7 Å². The topological polar surface area (TPSA) is 152 Å². The van der Waals surface area contributed by atoms with Gasteiger partial charge in [-0.05, 0) is 53.9 Å². The van der Waals surface area contributed by atoms with Crippen LogP contribution in [-0.2, 0) is 11.2 Å². The number of phenols is 2. The van der Waals surface area contributed by atoms with E-state index in [9.17, 15) is 24.9 Å². The third-order valence-corrected chi connectivity index (χ3v) is 6.52. The van der Waals surface area contributed by atoms with E-state index in [1.807, 2.05) is 0 Å². The number of nitrogens with one attached hydrogen (secondary N) is 1. The second-order valence-corrected chi connectivity index (χ2v) is 9.01. The van der Waals surface area contributed by atoms with Crippen molar-refractivity contribution in [3.63, 3.8) is 0 Å². The monoisotopic (exact) mass is 533 g/mol. The lowest BCUT2D eigenvalue weighted by atomic mass is 9.88. The first kappa shape index (κ1) is 25.7.